The molecule has 0 aliphatic heterocycles. The molecule has 0 aromatic carbocycles. The molecule has 4 fully saturated rings. The van der Waals surface area contributed by atoms with Crippen LogP contribution in [0.5, 0.6) is 0 Å². The Labute approximate surface area is 130 Å². The summed E-state index contributed by atoms with van der Waals surface area (Å²) >= 11 is 0. The number of aliphatic hydroxyl groups is 1. The summed E-state index contributed by atoms with van der Waals surface area (Å²) in [6.45, 7) is 7.60. The van der Waals surface area contributed by atoms with Crippen molar-refractivity contribution in [2.24, 2.45) is 40.4 Å². The largest absolute Gasteiger partial charge is 0.393 e. The molecule has 0 aromatic heterocycles. The fourth-order valence-electron chi connectivity index (χ4n) is 7.78. The highest BCUT2D eigenvalue weighted by Gasteiger charge is 2.60. The molecule has 0 heterocycles. The molecule has 1 N–H and O–H groups in total. The molecule has 1 heteroatoms. The van der Waals surface area contributed by atoms with Gasteiger partial charge in [-0.1, -0.05) is 33.6 Å². The molecular formula is C20H34O. The van der Waals surface area contributed by atoms with Crippen molar-refractivity contribution in [3.8, 4) is 0 Å². The van der Waals surface area contributed by atoms with Gasteiger partial charge in [-0.2, -0.15) is 0 Å². The highest BCUT2D eigenvalue weighted by atomic mass is 16.3. The summed E-state index contributed by atoms with van der Waals surface area (Å²) < 4.78 is 0. The highest BCUT2D eigenvalue weighted by molar-refractivity contribution is 5.09. The number of aliphatic hydroxyl groups excluding tert-OH is 1. The second kappa shape index (κ2) is 4.73. The lowest BCUT2D eigenvalue weighted by Crippen LogP contribution is -2.55. The van der Waals surface area contributed by atoms with Gasteiger partial charge in [0.25, 0.3) is 0 Å². The maximum atomic E-state index is 10.5. The first kappa shape index (κ1) is 14.5. The van der Waals surface area contributed by atoms with Gasteiger partial charge in [0.05, 0.1) is 6.10 Å². The van der Waals surface area contributed by atoms with E-state index in [0.717, 1.165) is 36.0 Å². The van der Waals surface area contributed by atoms with Crippen molar-refractivity contribution < 1.29 is 5.11 Å². The van der Waals surface area contributed by atoms with Gasteiger partial charge in [-0.15, -0.1) is 0 Å². The van der Waals surface area contributed by atoms with E-state index in [-0.39, 0.29) is 11.5 Å². The Morgan fingerprint density at radius 3 is 2.38 bits per heavy atom. The van der Waals surface area contributed by atoms with Crippen LogP contribution >= 0.6 is 0 Å². The van der Waals surface area contributed by atoms with Gasteiger partial charge in [-0.25, -0.2) is 0 Å². The van der Waals surface area contributed by atoms with Crippen molar-refractivity contribution in [3.63, 3.8) is 0 Å². The summed E-state index contributed by atoms with van der Waals surface area (Å²) in [6, 6.07) is 0. The van der Waals surface area contributed by atoms with E-state index in [1.807, 2.05) is 0 Å². The predicted octanol–water partition coefficient (Wildman–Crippen LogP) is 5.03. The SMILES string of the molecule is C[C@H]1C[C@@H]2[C@H](CC[C@]3(C)[C@H](O)CC[C@@H]23)[C@@]2(C)CCCC[C@H]12. The number of rotatable bonds is 0. The minimum Gasteiger partial charge on any atom is -0.393 e. The van der Waals surface area contributed by atoms with Crippen LogP contribution in [-0.2, 0) is 0 Å². The molecular weight excluding hydrogens is 256 g/mol. The summed E-state index contributed by atoms with van der Waals surface area (Å²) in [5.41, 5.74) is 0.869. The smallest absolute Gasteiger partial charge is 0.0596 e. The fraction of sp³-hybridized carbons (Fsp3) is 1.00. The molecule has 4 aliphatic carbocycles. The maximum absolute atomic E-state index is 10.5. The Hall–Kier alpha value is -0.0400. The second-order valence-corrected chi connectivity index (χ2v) is 9.59. The quantitative estimate of drug-likeness (QED) is 0.663. The normalized spacial score (nSPS) is 60.0. The van der Waals surface area contributed by atoms with Crippen LogP contribution in [0.1, 0.15) is 78.6 Å². The maximum Gasteiger partial charge on any atom is 0.0596 e. The summed E-state index contributed by atoms with van der Waals surface area (Å²) in [7, 11) is 0. The number of fused-ring (bicyclic) bond motifs is 5. The Morgan fingerprint density at radius 1 is 0.810 bits per heavy atom. The molecule has 0 spiro atoms. The van der Waals surface area contributed by atoms with Crippen LogP contribution in [0.4, 0.5) is 0 Å². The minimum absolute atomic E-state index is 0.0179. The second-order valence-electron chi connectivity index (χ2n) is 9.59. The van der Waals surface area contributed by atoms with E-state index in [9.17, 15) is 5.11 Å². The van der Waals surface area contributed by atoms with E-state index in [0.29, 0.717) is 5.41 Å². The summed E-state index contributed by atoms with van der Waals surface area (Å²) in [5, 5.41) is 10.5. The summed E-state index contributed by atoms with van der Waals surface area (Å²) in [4.78, 5) is 0. The minimum atomic E-state index is -0.0179. The average molecular weight is 290 g/mol. The zero-order chi connectivity index (χ0) is 14.8. The van der Waals surface area contributed by atoms with E-state index in [4.69, 9.17) is 0 Å². The van der Waals surface area contributed by atoms with Gasteiger partial charge in [-0.3, -0.25) is 0 Å². The molecule has 21 heavy (non-hydrogen) atoms. The standard InChI is InChI=1S/C20H34O/c1-13-12-14-16-7-8-18(21)20(16,3)11-9-17(14)19(2)10-5-4-6-15(13)19/h13-18,21H,4-12H2,1-3H3/t13-,14-,15+,16-,17-,18+,19-,20-/m0/s1. The van der Waals surface area contributed by atoms with Crippen LogP contribution in [0.3, 0.4) is 0 Å². The van der Waals surface area contributed by atoms with E-state index in [1.165, 1.54) is 51.4 Å². The lowest BCUT2D eigenvalue weighted by molar-refractivity contribution is -0.138. The first-order chi connectivity index (χ1) is 9.97. The molecule has 0 aromatic rings. The lowest BCUT2D eigenvalue weighted by Gasteiger charge is -2.62. The predicted molar refractivity (Wildman–Crippen MR) is 86.9 cm³/mol. The van der Waals surface area contributed by atoms with Crippen molar-refractivity contribution in [3.05, 3.63) is 0 Å². The number of hydrogen-bond acceptors (Lipinski definition) is 1. The van der Waals surface area contributed by atoms with Gasteiger partial charge in [0.15, 0.2) is 0 Å². The van der Waals surface area contributed by atoms with Gasteiger partial charge in [-0.05, 0) is 85.4 Å². The Balaban J connectivity index is 1.68. The lowest BCUT2D eigenvalue weighted by atomic mass is 9.43. The first-order valence-corrected chi connectivity index (χ1v) is 9.65. The monoisotopic (exact) mass is 290 g/mol. The number of hydrogen-bond donors (Lipinski definition) is 1. The molecule has 1 nitrogen and oxygen atoms in total. The third-order valence-corrected chi connectivity index (χ3v) is 8.89. The van der Waals surface area contributed by atoms with Gasteiger partial charge in [0.2, 0.25) is 0 Å². The van der Waals surface area contributed by atoms with Crippen LogP contribution in [-0.4, -0.2) is 11.2 Å². The summed E-state index contributed by atoms with van der Waals surface area (Å²) in [6.07, 6.45) is 12.4. The van der Waals surface area contributed by atoms with E-state index < -0.39 is 0 Å². The molecule has 120 valence electrons. The first-order valence-electron chi connectivity index (χ1n) is 9.65. The van der Waals surface area contributed by atoms with E-state index >= 15 is 0 Å². The van der Waals surface area contributed by atoms with Crippen molar-refractivity contribution in [1.29, 1.82) is 0 Å². The molecule has 0 unspecified atom stereocenters. The van der Waals surface area contributed by atoms with Crippen molar-refractivity contribution in [2.45, 2.75) is 84.7 Å². The molecule has 8 atom stereocenters. The molecule has 4 aliphatic rings. The van der Waals surface area contributed by atoms with E-state index in [2.05, 4.69) is 20.8 Å². The molecule has 4 saturated carbocycles. The van der Waals surface area contributed by atoms with Gasteiger partial charge >= 0.3 is 0 Å². The van der Waals surface area contributed by atoms with Crippen LogP contribution in [0.15, 0.2) is 0 Å². The Bertz CT molecular complexity index is 418. The molecule has 0 radical (unpaired) electrons. The van der Waals surface area contributed by atoms with Crippen LogP contribution < -0.4 is 0 Å². The fourth-order valence-corrected chi connectivity index (χ4v) is 7.78. The van der Waals surface area contributed by atoms with E-state index in [1.54, 1.807) is 0 Å². The van der Waals surface area contributed by atoms with Crippen LogP contribution in [0.25, 0.3) is 0 Å². The Kier molecular flexibility index (Phi) is 3.27. The zero-order valence-corrected chi connectivity index (χ0v) is 14.3. The third-order valence-electron chi connectivity index (χ3n) is 8.89. The van der Waals surface area contributed by atoms with Crippen LogP contribution in [0.2, 0.25) is 0 Å². The van der Waals surface area contributed by atoms with Crippen molar-refractivity contribution >= 4 is 0 Å². The Morgan fingerprint density at radius 2 is 1.57 bits per heavy atom. The molecule has 4 rings (SSSR count). The van der Waals surface area contributed by atoms with Gasteiger partial charge in [0, 0.05) is 0 Å². The highest BCUT2D eigenvalue weighted by Crippen LogP contribution is 2.67. The van der Waals surface area contributed by atoms with Crippen molar-refractivity contribution in [1.82, 2.24) is 0 Å². The van der Waals surface area contributed by atoms with Crippen LogP contribution in [0, 0.1) is 40.4 Å². The average Bonchev–Trinajstić information content (AvgIpc) is 2.75. The summed E-state index contributed by atoms with van der Waals surface area (Å²) in [5.74, 6) is 4.59. The molecule has 0 saturated heterocycles. The van der Waals surface area contributed by atoms with Crippen molar-refractivity contribution in [2.75, 3.05) is 0 Å². The zero-order valence-electron chi connectivity index (χ0n) is 14.3. The molecule has 0 bridgehead atoms. The topological polar surface area (TPSA) is 20.2 Å². The van der Waals surface area contributed by atoms with Gasteiger partial charge < -0.3 is 5.11 Å². The third kappa shape index (κ3) is 1.85. The van der Waals surface area contributed by atoms with Gasteiger partial charge in [0.1, 0.15) is 0 Å². The molecule has 0 amide bonds.